The summed E-state index contributed by atoms with van der Waals surface area (Å²) in [7, 11) is 0. The van der Waals surface area contributed by atoms with E-state index < -0.39 is 11.4 Å². The molecule has 1 fully saturated rings. The third kappa shape index (κ3) is 3.47. The predicted molar refractivity (Wildman–Crippen MR) is 113 cm³/mol. The molecule has 2 N–H and O–H groups in total. The fourth-order valence-electron chi connectivity index (χ4n) is 3.95. The molecule has 1 aliphatic rings. The number of phenolic OH excluding ortho intramolecular Hbond substituents is 1. The molecule has 3 aromatic rings. The van der Waals surface area contributed by atoms with Crippen LogP contribution in [0.15, 0.2) is 30.5 Å². The molecule has 8 nitrogen and oxygen atoms in total. The average molecular weight is 410 g/mol. The van der Waals surface area contributed by atoms with E-state index >= 15 is 0 Å². The smallest absolute Gasteiger partial charge is 0.342 e. The Labute approximate surface area is 174 Å². The topological polar surface area (TPSA) is 101 Å². The number of aromatic amines is 1. The summed E-state index contributed by atoms with van der Waals surface area (Å²) < 4.78 is 11.0. The predicted octanol–water partition coefficient (Wildman–Crippen LogP) is 3.00. The zero-order chi connectivity index (χ0) is 21.3. The number of phenols is 1. The molecule has 30 heavy (non-hydrogen) atoms. The summed E-state index contributed by atoms with van der Waals surface area (Å²) in [5.41, 5.74) is 2.53. The van der Waals surface area contributed by atoms with Crippen molar-refractivity contribution >= 4 is 22.7 Å². The Bertz CT molecular complexity index is 1070. The van der Waals surface area contributed by atoms with Gasteiger partial charge in [-0.2, -0.15) is 5.10 Å². The fourth-order valence-corrected chi connectivity index (χ4v) is 3.95. The number of pyridine rings is 1. The van der Waals surface area contributed by atoms with Crippen molar-refractivity contribution in [1.82, 2.24) is 15.2 Å². The number of aromatic hydroxyl groups is 1. The van der Waals surface area contributed by atoms with Gasteiger partial charge in [-0.05, 0) is 24.6 Å². The van der Waals surface area contributed by atoms with Gasteiger partial charge in [0, 0.05) is 18.5 Å². The molecule has 0 radical (unpaired) electrons. The molecule has 4 rings (SSSR count). The molecule has 158 valence electrons. The van der Waals surface area contributed by atoms with E-state index in [9.17, 15) is 9.90 Å². The minimum Gasteiger partial charge on any atom is -0.508 e. The Balaban J connectivity index is 2.01. The Kier molecular flexibility index (Phi) is 5.34. The van der Waals surface area contributed by atoms with Crippen molar-refractivity contribution in [2.75, 3.05) is 37.8 Å². The Hall–Kier alpha value is -3.13. The summed E-state index contributed by atoms with van der Waals surface area (Å²) in [6.45, 7) is 8.49. The number of morpholine rings is 1. The van der Waals surface area contributed by atoms with Gasteiger partial charge in [-0.15, -0.1) is 0 Å². The number of nitrogens with zero attached hydrogens (tertiary/aromatic N) is 3. The van der Waals surface area contributed by atoms with Gasteiger partial charge in [0.1, 0.15) is 11.3 Å². The first kappa shape index (κ1) is 20.2. The van der Waals surface area contributed by atoms with Crippen LogP contribution in [-0.2, 0) is 14.9 Å². The highest BCUT2D eigenvalue weighted by Gasteiger charge is 2.36. The Morgan fingerprint density at radius 2 is 2.10 bits per heavy atom. The van der Waals surface area contributed by atoms with Gasteiger partial charge >= 0.3 is 5.97 Å². The maximum absolute atomic E-state index is 13.2. The van der Waals surface area contributed by atoms with Crippen LogP contribution in [0, 0.1) is 0 Å². The van der Waals surface area contributed by atoms with Crippen LogP contribution in [0.5, 0.6) is 5.75 Å². The maximum atomic E-state index is 13.2. The fraction of sp³-hybridized carbons (Fsp3) is 0.409. The number of aromatic nitrogens is 3. The van der Waals surface area contributed by atoms with Crippen LogP contribution in [0.4, 0.5) is 5.69 Å². The highest BCUT2D eigenvalue weighted by molar-refractivity contribution is 6.06. The van der Waals surface area contributed by atoms with Gasteiger partial charge in [-0.3, -0.25) is 5.10 Å². The van der Waals surface area contributed by atoms with Gasteiger partial charge in [0.15, 0.2) is 5.65 Å². The van der Waals surface area contributed by atoms with Crippen LogP contribution >= 0.6 is 0 Å². The molecule has 3 heterocycles. The summed E-state index contributed by atoms with van der Waals surface area (Å²) in [5, 5.41) is 17.9. The first-order chi connectivity index (χ1) is 14.4. The number of nitrogens with one attached hydrogen (secondary N) is 1. The van der Waals surface area contributed by atoms with Crippen molar-refractivity contribution in [2.45, 2.75) is 26.2 Å². The molecular formula is C22H26N4O4. The van der Waals surface area contributed by atoms with Crippen molar-refractivity contribution in [3.63, 3.8) is 0 Å². The van der Waals surface area contributed by atoms with E-state index in [4.69, 9.17) is 14.5 Å². The molecule has 8 heteroatoms. The number of carbonyl (C=O) groups is 1. The zero-order valence-electron chi connectivity index (χ0n) is 17.4. The van der Waals surface area contributed by atoms with Crippen LogP contribution in [0.2, 0.25) is 0 Å². The molecule has 1 aliphatic heterocycles. The molecule has 0 atom stereocenters. The number of benzene rings is 1. The molecule has 0 bridgehead atoms. The van der Waals surface area contributed by atoms with Crippen LogP contribution in [0.25, 0.3) is 11.0 Å². The molecule has 0 amide bonds. The number of H-pyrrole nitrogens is 1. The second-order valence-corrected chi connectivity index (χ2v) is 7.81. The molecule has 1 aromatic carbocycles. The van der Waals surface area contributed by atoms with Gasteiger partial charge < -0.3 is 19.5 Å². The van der Waals surface area contributed by atoms with E-state index in [-0.39, 0.29) is 12.4 Å². The number of carbonyl (C=O) groups excluding carboxylic acids is 1. The minimum absolute atomic E-state index is 0.161. The van der Waals surface area contributed by atoms with Crippen molar-refractivity contribution < 1.29 is 19.4 Å². The first-order valence-electron chi connectivity index (χ1n) is 10.1. The monoisotopic (exact) mass is 410 g/mol. The van der Waals surface area contributed by atoms with E-state index in [1.807, 2.05) is 19.9 Å². The number of rotatable bonds is 5. The summed E-state index contributed by atoms with van der Waals surface area (Å²) in [6, 6.07) is 7.02. The number of anilines is 1. The van der Waals surface area contributed by atoms with Crippen molar-refractivity contribution in [3.05, 3.63) is 47.3 Å². The highest BCUT2D eigenvalue weighted by atomic mass is 16.5. The third-order valence-corrected chi connectivity index (χ3v) is 5.54. The summed E-state index contributed by atoms with van der Waals surface area (Å²) >= 11 is 0. The number of ether oxygens (including phenoxy) is 2. The molecule has 0 unspecified atom stereocenters. The lowest BCUT2D eigenvalue weighted by atomic mass is 9.78. The standard InChI is InChI=1S/C22H26N4O4/c1-4-30-21(28)17-18(26-8-10-29-11-9-26)16-13-23-25-20(16)24-19(17)22(2,3)14-6-5-7-15(27)12-14/h5-7,12-13,27H,4,8-11H2,1-3H3,(H,23,24,25). The van der Waals surface area contributed by atoms with E-state index in [1.165, 1.54) is 0 Å². The van der Waals surface area contributed by atoms with Gasteiger partial charge in [0.05, 0.1) is 42.8 Å². The zero-order valence-corrected chi connectivity index (χ0v) is 17.4. The largest absolute Gasteiger partial charge is 0.508 e. The molecule has 0 saturated carbocycles. The molecule has 1 saturated heterocycles. The normalized spacial score (nSPS) is 14.8. The van der Waals surface area contributed by atoms with Crippen LogP contribution < -0.4 is 4.90 Å². The molecule has 0 aliphatic carbocycles. The number of esters is 1. The minimum atomic E-state index is -0.679. The van der Waals surface area contributed by atoms with Gasteiger partial charge in [0.25, 0.3) is 0 Å². The van der Waals surface area contributed by atoms with Crippen molar-refractivity contribution in [1.29, 1.82) is 0 Å². The summed E-state index contributed by atoms with van der Waals surface area (Å²) in [6.07, 6.45) is 1.70. The Morgan fingerprint density at radius 3 is 2.80 bits per heavy atom. The molecule has 2 aromatic heterocycles. The second kappa shape index (κ2) is 7.95. The van der Waals surface area contributed by atoms with Gasteiger partial charge in [0.2, 0.25) is 0 Å². The van der Waals surface area contributed by atoms with Crippen LogP contribution in [0.1, 0.15) is 42.4 Å². The summed E-state index contributed by atoms with van der Waals surface area (Å²) in [4.78, 5) is 20.2. The van der Waals surface area contributed by atoms with Crippen LogP contribution in [-0.4, -0.2) is 59.2 Å². The van der Waals surface area contributed by atoms with E-state index in [1.54, 1.807) is 31.3 Å². The van der Waals surface area contributed by atoms with E-state index in [0.717, 1.165) is 16.6 Å². The lowest BCUT2D eigenvalue weighted by molar-refractivity contribution is 0.0523. The lowest BCUT2D eigenvalue weighted by Gasteiger charge is -2.34. The number of hydrogen-bond acceptors (Lipinski definition) is 7. The maximum Gasteiger partial charge on any atom is 0.342 e. The lowest BCUT2D eigenvalue weighted by Crippen LogP contribution is -2.38. The molecule has 0 spiro atoms. The van der Waals surface area contributed by atoms with Crippen LogP contribution in [0.3, 0.4) is 0 Å². The second-order valence-electron chi connectivity index (χ2n) is 7.81. The number of fused-ring (bicyclic) bond motifs is 1. The summed E-state index contributed by atoms with van der Waals surface area (Å²) in [5.74, 6) is -0.257. The van der Waals surface area contributed by atoms with Crippen molar-refractivity contribution in [3.8, 4) is 5.75 Å². The van der Waals surface area contributed by atoms with Gasteiger partial charge in [-0.1, -0.05) is 26.0 Å². The first-order valence-corrected chi connectivity index (χ1v) is 10.1. The van der Waals surface area contributed by atoms with E-state index in [2.05, 4.69) is 15.1 Å². The Morgan fingerprint density at radius 1 is 1.33 bits per heavy atom. The van der Waals surface area contributed by atoms with E-state index in [0.29, 0.717) is 43.2 Å². The quantitative estimate of drug-likeness (QED) is 0.624. The molecular weight excluding hydrogens is 384 g/mol. The third-order valence-electron chi connectivity index (χ3n) is 5.54. The average Bonchev–Trinajstić information content (AvgIpc) is 3.21. The van der Waals surface area contributed by atoms with Gasteiger partial charge in [-0.25, -0.2) is 9.78 Å². The SMILES string of the molecule is CCOC(=O)c1c(C(C)(C)c2cccc(O)c2)nc2[nH]ncc2c1N1CCOCC1. The number of hydrogen-bond donors (Lipinski definition) is 2. The van der Waals surface area contributed by atoms with Crippen molar-refractivity contribution in [2.24, 2.45) is 0 Å². The highest BCUT2D eigenvalue weighted by Crippen LogP contribution is 2.40.